The largest absolute Gasteiger partial charge is 0.394 e. The smallest absolute Gasteiger partial charge is 0.258 e. The molecule has 5 nitrogen and oxygen atoms in total. The van der Waals surface area contributed by atoms with Crippen LogP contribution in [-0.4, -0.2) is 21.9 Å². The van der Waals surface area contributed by atoms with Gasteiger partial charge in [-0.3, -0.25) is 0 Å². The van der Waals surface area contributed by atoms with E-state index in [1.54, 1.807) is 0 Å². The zero-order valence-electron chi connectivity index (χ0n) is 8.92. The molecule has 0 saturated heterocycles. The Labute approximate surface area is 92.9 Å². The highest BCUT2D eigenvalue weighted by Crippen LogP contribution is 2.21. The number of benzene rings is 1. The summed E-state index contributed by atoms with van der Waals surface area (Å²) in [4.78, 5) is 4.15. The van der Waals surface area contributed by atoms with Crippen molar-refractivity contribution in [1.29, 1.82) is 0 Å². The average Bonchev–Trinajstić information content (AvgIpc) is 2.78. The molecule has 1 atom stereocenters. The summed E-state index contributed by atoms with van der Waals surface area (Å²) in [7, 11) is 0. The predicted octanol–water partition coefficient (Wildman–Crippen LogP) is 1.04. The van der Waals surface area contributed by atoms with E-state index in [9.17, 15) is 0 Å². The number of aliphatic hydroxyl groups excluding tert-OH is 1. The van der Waals surface area contributed by atoms with E-state index in [2.05, 4.69) is 10.1 Å². The molecule has 0 bridgehead atoms. The average molecular weight is 219 g/mol. The van der Waals surface area contributed by atoms with Gasteiger partial charge in [0.05, 0.1) is 12.6 Å². The molecule has 0 spiro atoms. The summed E-state index contributed by atoms with van der Waals surface area (Å²) >= 11 is 0. The second kappa shape index (κ2) is 4.42. The number of nitrogens with two attached hydrogens (primary N) is 1. The Bertz CT molecular complexity index is 482. The van der Waals surface area contributed by atoms with Gasteiger partial charge in [0.1, 0.15) is 0 Å². The Kier molecular flexibility index (Phi) is 2.98. The number of nitrogens with zero attached hydrogens (tertiary/aromatic N) is 2. The second-order valence-corrected chi connectivity index (χ2v) is 3.56. The van der Waals surface area contributed by atoms with Crippen LogP contribution < -0.4 is 5.73 Å². The molecule has 0 saturated carbocycles. The minimum absolute atomic E-state index is 0.202. The van der Waals surface area contributed by atoms with E-state index in [4.69, 9.17) is 15.4 Å². The predicted molar refractivity (Wildman–Crippen MR) is 58.5 cm³/mol. The van der Waals surface area contributed by atoms with Crippen LogP contribution in [0, 0.1) is 6.92 Å². The molecule has 5 heteroatoms. The van der Waals surface area contributed by atoms with Gasteiger partial charge in [-0.1, -0.05) is 23.4 Å². The summed E-state index contributed by atoms with van der Waals surface area (Å²) in [6.45, 7) is 1.76. The molecule has 1 aromatic heterocycles. The van der Waals surface area contributed by atoms with Gasteiger partial charge in [-0.15, -0.1) is 0 Å². The van der Waals surface area contributed by atoms with Crippen molar-refractivity contribution >= 4 is 0 Å². The van der Waals surface area contributed by atoms with Crippen molar-refractivity contribution in [3.63, 3.8) is 0 Å². The van der Waals surface area contributed by atoms with Crippen molar-refractivity contribution in [3.05, 3.63) is 35.7 Å². The third-order valence-corrected chi connectivity index (χ3v) is 2.35. The summed E-state index contributed by atoms with van der Waals surface area (Å²) < 4.78 is 5.10. The first kappa shape index (κ1) is 10.8. The molecular formula is C11H13N3O2. The third kappa shape index (κ3) is 1.95. The van der Waals surface area contributed by atoms with Gasteiger partial charge >= 0.3 is 0 Å². The Morgan fingerprint density at radius 1 is 1.44 bits per heavy atom. The molecule has 2 rings (SSSR count). The Balaban J connectivity index is 2.35. The number of hydrogen-bond acceptors (Lipinski definition) is 5. The Morgan fingerprint density at radius 3 is 2.88 bits per heavy atom. The molecule has 0 aliphatic heterocycles. The Hall–Kier alpha value is -1.72. The van der Waals surface area contributed by atoms with Crippen LogP contribution in [-0.2, 0) is 0 Å². The number of rotatable bonds is 3. The quantitative estimate of drug-likeness (QED) is 0.805. The van der Waals surface area contributed by atoms with Crippen LogP contribution in [0.15, 0.2) is 28.8 Å². The molecule has 0 radical (unpaired) electrons. The van der Waals surface area contributed by atoms with Crippen molar-refractivity contribution in [2.45, 2.75) is 13.0 Å². The normalized spacial score (nSPS) is 12.7. The fraction of sp³-hybridized carbons (Fsp3) is 0.273. The molecule has 16 heavy (non-hydrogen) atoms. The lowest BCUT2D eigenvalue weighted by Gasteiger charge is -1.99. The lowest BCUT2D eigenvalue weighted by Crippen LogP contribution is -2.15. The highest BCUT2D eigenvalue weighted by Gasteiger charge is 2.15. The minimum Gasteiger partial charge on any atom is -0.394 e. The van der Waals surface area contributed by atoms with E-state index >= 15 is 0 Å². The van der Waals surface area contributed by atoms with Crippen LogP contribution >= 0.6 is 0 Å². The third-order valence-electron chi connectivity index (χ3n) is 2.35. The van der Waals surface area contributed by atoms with Crippen molar-refractivity contribution in [2.75, 3.05) is 6.61 Å². The van der Waals surface area contributed by atoms with Gasteiger partial charge in [-0.25, -0.2) is 0 Å². The first-order valence-electron chi connectivity index (χ1n) is 4.98. The molecule has 1 unspecified atom stereocenters. The van der Waals surface area contributed by atoms with E-state index in [1.165, 1.54) is 0 Å². The molecule has 1 heterocycles. The van der Waals surface area contributed by atoms with Gasteiger partial charge in [-0.2, -0.15) is 4.98 Å². The lowest BCUT2D eigenvalue weighted by atomic mass is 10.1. The van der Waals surface area contributed by atoms with Gasteiger partial charge in [0.2, 0.25) is 0 Å². The summed E-state index contributed by atoms with van der Waals surface area (Å²) in [5, 5.41) is 12.6. The highest BCUT2D eigenvalue weighted by molar-refractivity contribution is 5.57. The van der Waals surface area contributed by atoms with Crippen molar-refractivity contribution < 1.29 is 9.63 Å². The summed E-state index contributed by atoms with van der Waals surface area (Å²) in [5.41, 5.74) is 7.52. The topological polar surface area (TPSA) is 85.2 Å². The van der Waals surface area contributed by atoms with Gasteiger partial charge in [0.15, 0.2) is 5.82 Å². The van der Waals surface area contributed by atoms with Crippen LogP contribution in [0.25, 0.3) is 11.5 Å². The van der Waals surface area contributed by atoms with Gasteiger partial charge < -0.3 is 15.4 Å². The van der Waals surface area contributed by atoms with Crippen molar-refractivity contribution in [3.8, 4) is 11.5 Å². The summed E-state index contributed by atoms with van der Waals surface area (Å²) in [6, 6.07) is 7.11. The minimum atomic E-state index is -0.596. The zero-order valence-corrected chi connectivity index (χ0v) is 8.92. The van der Waals surface area contributed by atoms with Crippen LogP contribution in [0.5, 0.6) is 0 Å². The molecule has 0 amide bonds. The van der Waals surface area contributed by atoms with Gasteiger partial charge in [0.25, 0.3) is 5.89 Å². The van der Waals surface area contributed by atoms with E-state index in [0.717, 1.165) is 11.1 Å². The molecular weight excluding hydrogens is 206 g/mol. The molecule has 1 aromatic carbocycles. The van der Waals surface area contributed by atoms with Crippen molar-refractivity contribution in [2.24, 2.45) is 5.73 Å². The van der Waals surface area contributed by atoms with Gasteiger partial charge in [-0.05, 0) is 18.6 Å². The Morgan fingerprint density at radius 2 is 2.19 bits per heavy atom. The van der Waals surface area contributed by atoms with E-state index in [0.29, 0.717) is 11.7 Å². The van der Waals surface area contributed by atoms with Crippen LogP contribution in [0.3, 0.4) is 0 Å². The van der Waals surface area contributed by atoms with Crippen LogP contribution in [0.2, 0.25) is 0 Å². The molecule has 2 aromatic rings. The van der Waals surface area contributed by atoms with E-state index < -0.39 is 6.04 Å². The molecule has 0 aliphatic carbocycles. The molecule has 0 fully saturated rings. The summed E-state index contributed by atoms with van der Waals surface area (Å²) in [6.07, 6.45) is 0. The van der Waals surface area contributed by atoms with Crippen LogP contribution in [0.1, 0.15) is 17.4 Å². The number of aromatic nitrogens is 2. The first-order valence-corrected chi connectivity index (χ1v) is 4.98. The molecule has 3 N–H and O–H groups in total. The standard InChI is InChI=1S/C11H13N3O2/c1-7-4-2-3-5-8(7)11-13-10(14-16-11)9(12)6-15/h2-5,9,15H,6,12H2,1H3. The first-order chi connectivity index (χ1) is 7.72. The maximum absolute atomic E-state index is 8.88. The molecule has 84 valence electrons. The fourth-order valence-electron chi connectivity index (χ4n) is 1.39. The lowest BCUT2D eigenvalue weighted by molar-refractivity contribution is 0.260. The van der Waals surface area contributed by atoms with E-state index in [1.807, 2.05) is 31.2 Å². The molecule has 0 aliphatic rings. The van der Waals surface area contributed by atoms with Gasteiger partial charge in [0, 0.05) is 5.56 Å². The number of hydrogen-bond donors (Lipinski definition) is 2. The second-order valence-electron chi connectivity index (χ2n) is 3.56. The zero-order chi connectivity index (χ0) is 11.5. The van der Waals surface area contributed by atoms with Crippen LogP contribution in [0.4, 0.5) is 0 Å². The monoisotopic (exact) mass is 219 g/mol. The maximum atomic E-state index is 8.88. The number of aryl methyl sites for hydroxylation is 1. The van der Waals surface area contributed by atoms with E-state index in [-0.39, 0.29) is 6.61 Å². The maximum Gasteiger partial charge on any atom is 0.258 e. The number of aliphatic hydroxyl groups is 1. The highest BCUT2D eigenvalue weighted by atomic mass is 16.5. The SMILES string of the molecule is Cc1ccccc1-c1nc(C(N)CO)no1. The fourth-order valence-corrected chi connectivity index (χ4v) is 1.39. The summed E-state index contributed by atoms with van der Waals surface area (Å²) in [5.74, 6) is 0.748. The van der Waals surface area contributed by atoms with Crippen molar-refractivity contribution in [1.82, 2.24) is 10.1 Å².